The van der Waals surface area contributed by atoms with Gasteiger partial charge in [0.1, 0.15) is 5.01 Å². The van der Waals surface area contributed by atoms with Crippen LogP contribution in [0.1, 0.15) is 42.9 Å². The van der Waals surface area contributed by atoms with Crippen molar-refractivity contribution >= 4 is 11.3 Å². The third-order valence-corrected chi connectivity index (χ3v) is 4.83. The summed E-state index contributed by atoms with van der Waals surface area (Å²) in [6.07, 6.45) is 5.36. The third kappa shape index (κ3) is 2.58. The largest absolute Gasteiger partial charge is 0.308 e. The molecule has 1 N–H and O–H groups in total. The zero-order valence-corrected chi connectivity index (χ0v) is 11.7. The number of thiazole rings is 1. The van der Waals surface area contributed by atoms with Crippen LogP contribution in [-0.4, -0.2) is 11.0 Å². The molecule has 2 saturated carbocycles. The Morgan fingerprint density at radius 1 is 1.16 bits per heavy atom. The SMILES string of the molecule is c1ccc(C2CC2)c(-c2nc(CNC3CC3)cs2)c1. The maximum absolute atomic E-state index is 4.81. The summed E-state index contributed by atoms with van der Waals surface area (Å²) < 4.78 is 0. The Morgan fingerprint density at radius 3 is 2.79 bits per heavy atom. The van der Waals surface area contributed by atoms with E-state index < -0.39 is 0 Å². The van der Waals surface area contributed by atoms with Crippen molar-refractivity contribution in [1.82, 2.24) is 10.3 Å². The molecule has 0 amide bonds. The highest BCUT2D eigenvalue weighted by atomic mass is 32.1. The van der Waals surface area contributed by atoms with Crippen LogP contribution in [0.15, 0.2) is 29.6 Å². The van der Waals surface area contributed by atoms with Gasteiger partial charge in [-0.1, -0.05) is 24.3 Å². The molecule has 0 unspecified atom stereocenters. The molecule has 1 aromatic heterocycles. The van der Waals surface area contributed by atoms with E-state index in [0.717, 1.165) is 18.5 Å². The molecular formula is C16H18N2S. The number of aromatic nitrogens is 1. The number of hydrogen-bond donors (Lipinski definition) is 1. The summed E-state index contributed by atoms with van der Waals surface area (Å²) in [5, 5.41) is 6.92. The summed E-state index contributed by atoms with van der Waals surface area (Å²) in [7, 11) is 0. The molecule has 2 nitrogen and oxygen atoms in total. The van der Waals surface area contributed by atoms with Crippen LogP contribution in [0.25, 0.3) is 10.6 Å². The standard InChI is InChI=1S/C16H18N2S/c1-2-4-15(14(3-1)11-5-6-11)16-18-13(10-19-16)9-17-12-7-8-12/h1-4,10-12,17H,5-9H2. The lowest BCUT2D eigenvalue weighted by atomic mass is 10.0. The fourth-order valence-corrected chi connectivity index (χ4v) is 3.36. The molecule has 3 heteroatoms. The first-order chi connectivity index (χ1) is 9.40. The Bertz CT molecular complexity index is 582. The monoisotopic (exact) mass is 270 g/mol. The summed E-state index contributed by atoms with van der Waals surface area (Å²) in [4.78, 5) is 4.81. The van der Waals surface area contributed by atoms with Crippen LogP contribution in [0.3, 0.4) is 0 Å². The van der Waals surface area contributed by atoms with Crippen molar-refractivity contribution in [2.24, 2.45) is 0 Å². The van der Waals surface area contributed by atoms with Crippen molar-refractivity contribution in [1.29, 1.82) is 0 Å². The molecular weight excluding hydrogens is 252 g/mol. The lowest BCUT2D eigenvalue weighted by Gasteiger charge is -2.05. The average molecular weight is 270 g/mol. The molecule has 2 aliphatic rings. The first-order valence-corrected chi connectivity index (χ1v) is 8.05. The Morgan fingerprint density at radius 2 is 2.00 bits per heavy atom. The van der Waals surface area contributed by atoms with Crippen molar-refractivity contribution in [2.45, 2.75) is 44.2 Å². The van der Waals surface area contributed by atoms with Crippen molar-refractivity contribution in [2.75, 3.05) is 0 Å². The molecule has 1 aromatic carbocycles. The normalized spacial score (nSPS) is 18.7. The van der Waals surface area contributed by atoms with E-state index in [2.05, 4.69) is 35.0 Å². The smallest absolute Gasteiger partial charge is 0.123 e. The van der Waals surface area contributed by atoms with Gasteiger partial charge in [-0.05, 0) is 37.2 Å². The predicted octanol–water partition coefficient (Wildman–Crippen LogP) is 3.94. The molecule has 0 spiro atoms. The van der Waals surface area contributed by atoms with Crippen LogP contribution >= 0.6 is 11.3 Å². The molecule has 0 aliphatic heterocycles. The molecule has 0 atom stereocenters. The lowest BCUT2D eigenvalue weighted by molar-refractivity contribution is 0.678. The van der Waals surface area contributed by atoms with Gasteiger partial charge in [0, 0.05) is 23.5 Å². The van der Waals surface area contributed by atoms with Gasteiger partial charge in [0.05, 0.1) is 5.69 Å². The minimum Gasteiger partial charge on any atom is -0.308 e. The maximum Gasteiger partial charge on any atom is 0.123 e. The van der Waals surface area contributed by atoms with E-state index in [1.165, 1.54) is 47.5 Å². The number of rotatable bonds is 5. The predicted molar refractivity (Wildman–Crippen MR) is 79.4 cm³/mol. The maximum atomic E-state index is 4.81. The summed E-state index contributed by atoms with van der Waals surface area (Å²) >= 11 is 1.78. The van der Waals surface area contributed by atoms with E-state index in [-0.39, 0.29) is 0 Å². The van der Waals surface area contributed by atoms with Gasteiger partial charge >= 0.3 is 0 Å². The second-order valence-electron chi connectivity index (χ2n) is 5.66. The second kappa shape index (κ2) is 4.73. The van der Waals surface area contributed by atoms with Crippen LogP contribution < -0.4 is 5.32 Å². The minimum atomic E-state index is 0.754. The number of nitrogens with zero attached hydrogens (tertiary/aromatic N) is 1. The van der Waals surface area contributed by atoms with Crippen LogP contribution in [0.5, 0.6) is 0 Å². The van der Waals surface area contributed by atoms with E-state index >= 15 is 0 Å². The van der Waals surface area contributed by atoms with Crippen molar-refractivity contribution in [3.8, 4) is 10.6 Å². The molecule has 1 heterocycles. The van der Waals surface area contributed by atoms with Gasteiger partial charge in [0.2, 0.25) is 0 Å². The summed E-state index contributed by atoms with van der Waals surface area (Å²) in [5.41, 5.74) is 4.05. The van der Waals surface area contributed by atoms with Gasteiger partial charge < -0.3 is 5.32 Å². The molecule has 0 saturated heterocycles. The van der Waals surface area contributed by atoms with Gasteiger partial charge in [-0.25, -0.2) is 4.98 Å². The highest BCUT2D eigenvalue weighted by Crippen LogP contribution is 2.44. The van der Waals surface area contributed by atoms with E-state index in [9.17, 15) is 0 Å². The third-order valence-electron chi connectivity index (χ3n) is 3.91. The molecule has 0 radical (unpaired) electrons. The van der Waals surface area contributed by atoms with E-state index in [1.54, 1.807) is 11.3 Å². The van der Waals surface area contributed by atoms with Gasteiger partial charge in [0.15, 0.2) is 0 Å². The number of hydrogen-bond acceptors (Lipinski definition) is 3. The molecule has 2 fully saturated rings. The molecule has 0 bridgehead atoms. The zero-order valence-electron chi connectivity index (χ0n) is 10.9. The van der Waals surface area contributed by atoms with Crippen molar-refractivity contribution in [3.63, 3.8) is 0 Å². The van der Waals surface area contributed by atoms with Crippen LogP contribution in [0.4, 0.5) is 0 Å². The summed E-state index contributed by atoms with van der Waals surface area (Å²) in [6.45, 7) is 0.923. The second-order valence-corrected chi connectivity index (χ2v) is 6.52. The van der Waals surface area contributed by atoms with Crippen LogP contribution in [0, 0.1) is 0 Å². The molecule has 2 aromatic rings. The van der Waals surface area contributed by atoms with Gasteiger partial charge in [-0.15, -0.1) is 11.3 Å². The lowest BCUT2D eigenvalue weighted by Crippen LogP contribution is -2.15. The van der Waals surface area contributed by atoms with E-state index in [4.69, 9.17) is 4.98 Å². The fourth-order valence-electron chi connectivity index (χ4n) is 2.49. The van der Waals surface area contributed by atoms with Crippen LogP contribution in [-0.2, 0) is 6.54 Å². The van der Waals surface area contributed by atoms with Crippen molar-refractivity contribution in [3.05, 3.63) is 40.9 Å². The Labute approximate surface area is 117 Å². The van der Waals surface area contributed by atoms with E-state index in [0.29, 0.717) is 0 Å². The average Bonchev–Trinajstić information content (AvgIpc) is 3.36. The Balaban J connectivity index is 1.57. The van der Waals surface area contributed by atoms with Crippen molar-refractivity contribution < 1.29 is 0 Å². The van der Waals surface area contributed by atoms with E-state index in [1.807, 2.05) is 0 Å². The number of nitrogens with one attached hydrogen (secondary N) is 1. The topological polar surface area (TPSA) is 24.9 Å². The molecule has 2 aliphatic carbocycles. The Hall–Kier alpha value is -1.19. The van der Waals surface area contributed by atoms with Gasteiger partial charge in [-0.2, -0.15) is 0 Å². The minimum absolute atomic E-state index is 0.754. The molecule has 98 valence electrons. The Kier molecular flexibility index (Phi) is 2.89. The summed E-state index contributed by atoms with van der Waals surface area (Å²) in [5.74, 6) is 0.785. The summed E-state index contributed by atoms with van der Waals surface area (Å²) in [6, 6.07) is 9.54. The first kappa shape index (κ1) is 11.6. The molecule has 4 rings (SSSR count). The van der Waals surface area contributed by atoms with Gasteiger partial charge in [-0.3, -0.25) is 0 Å². The zero-order chi connectivity index (χ0) is 12.7. The quantitative estimate of drug-likeness (QED) is 0.890. The van der Waals surface area contributed by atoms with Gasteiger partial charge in [0.25, 0.3) is 0 Å². The highest BCUT2D eigenvalue weighted by molar-refractivity contribution is 7.13. The highest BCUT2D eigenvalue weighted by Gasteiger charge is 2.27. The first-order valence-electron chi connectivity index (χ1n) is 7.17. The fraction of sp³-hybridized carbons (Fsp3) is 0.438. The molecule has 19 heavy (non-hydrogen) atoms. The number of benzene rings is 1. The van der Waals surface area contributed by atoms with Crippen LogP contribution in [0.2, 0.25) is 0 Å².